The standard InChI is InChI=1S/C14H17BrN2O2/c1-2-12(15)14(19)17-11-5-3-4-9(8-11)13(18)16-10-6-7-10/h3-5,8,10,12H,2,6-7H2,1H3,(H,16,18)(H,17,19). The summed E-state index contributed by atoms with van der Waals surface area (Å²) in [6.45, 7) is 1.93. The van der Waals surface area contributed by atoms with Gasteiger partial charge in [0.1, 0.15) is 0 Å². The molecule has 4 nitrogen and oxygen atoms in total. The van der Waals surface area contributed by atoms with E-state index >= 15 is 0 Å². The third kappa shape index (κ3) is 4.06. The average molecular weight is 325 g/mol. The molecule has 0 bridgehead atoms. The van der Waals surface area contributed by atoms with Crippen molar-refractivity contribution in [3.8, 4) is 0 Å². The Morgan fingerprint density at radius 1 is 1.42 bits per heavy atom. The minimum atomic E-state index is -0.212. The van der Waals surface area contributed by atoms with Gasteiger partial charge in [-0.25, -0.2) is 0 Å². The molecule has 102 valence electrons. The predicted molar refractivity (Wildman–Crippen MR) is 78.6 cm³/mol. The van der Waals surface area contributed by atoms with E-state index in [2.05, 4.69) is 26.6 Å². The second-order valence-corrected chi connectivity index (χ2v) is 5.80. The van der Waals surface area contributed by atoms with Crippen molar-refractivity contribution in [3.05, 3.63) is 29.8 Å². The number of halogens is 1. The first-order chi connectivity index (χ1) is 9.10. The van der Waals surface area contributed by atoms with Crippen LogP contribution in [0.2, 0.25) is 0 Å². The zero-order valence-electron chi connectivity index (χ0n) is 10.8. The van der Waals surface area contributed by atoms with Gasteiger partial charge in [0.2, 0.25) is 5.91 Å². The third-order valence-electron chi connectivity index (χ3n) is 2.95. The van der Waals surface area contributed by atoms with Gasteiger partial charge in [-0.1, -0.05) is 28.9 Å². The summed E-state index contributed by atoms with van der Waals surface area (Å²) >= 11 is 3.30. The van der Waals surface area contributed by atoms with E-state index in [1.165, 1.54) is 0 Å². The van der Waals surface area contributed by atoms with Crippen molar-refractivity contribution in [2.45, 2.75) is 37.1 Å². The van der Waals surface area contributed by atoms with Crippen molar-refractivity contribution in [2.24, 2.45) is 0 Å². The maximum absolute atomic E-state index is 11.9. The number of benzene rings is 1. The molecule has 1 aliphatic rings. The summed E-state index contributed by atoms with van der Waals surface area (Å²) in [5.74, 6) is -0.174. The average Bonchev–Trinajstić information content (AvgIpc) is 3.22. The number of alkyl halides is 1. The molecule has 0 aromatic heterocycles. The highest BCUT2D eigenvalue weighted by Crippen LogP contribution is 2.20. The third-order valence-corrected chi connectivity index (χ3v) is 4.01. The molecule has 0 spiro atoms. The van der Waals surface area contributed by atoms with E-state index in [0.29, 0.717) is 23.7 Å². The van der Waals surface area contributed by atoms with Gasteiger partial charge in [-0.05, 0) is 37.5 Å². The lowest BCUT2D eigenvalue weighted by Gasteiger charge is -2.10. The van der Waals surface area contributed by atoms with Crippen molar-refractivity contribution in [2.75, 3.05) is 5.32 Å². The number of hydrogen-bond donors (Lipinski definition) is 2. The molecule has 1 aromatic rings. The maximum atomic E-state index is 11.9. The molecular formula is C14H17BrN2O2. The highest BCUT2D eigenvalue weighted by atomic mass is 79.9. The van der Waals surface area contributed by atoms with E-state index < -0.39 is 0 Å². The van der Waals surface area contributed by atoms with Gasteiger partial charge in [0, 0.05) is 17.3 Å². The minimum absolute atomic E-state index is 0.0792. The predicted octanol–water partition coefficient (Wildman–Crippen LogP) is 2.69. The molecule has 2 N–H and O–H groups in total. The zero-order valence-corrected chi connectivity index (χ0v) is 12.4. The van der Waals surface area contributed by atoms with E-state index in [0.717, 1.165) is 12.8 Å². The summed E-state index contributed by atoms with van der Waals surface area (Å²) in [5, 5.41) is 5.71. The van der Waals surface area contributed by atoms with Gasteiger partial charge >= 0.3 is 0 Å². The second kappa shape index (κ2) is 6.19. The lowest BCUT2D eigenvalue weighted by atomic mass is 10.2. The maximum Gasteiger partial charge on any atom is 0.251 e. The van der Waals surface area contributed by atoms with Crippen LogP contribution in [0.4, 0.5) is 5.69 Å². The number of carbonyl (C=O) groups is 2. The molecule has 0 heterocycles. The Morgan fingerprint density at radius 3 is 2.79 bits per heavy atom. The van der Waals surface area contributed by atoms with Gasteiger partial charge in [-0.3, -0.25) is 9.59 Å². The molecule has 2 rings (SSSR count). The van der Waals surface area contributed by atoms with Crippen molar-refractivity contribution in [1.82, 2.24) is 5.32 Å². The molecule has 1 atom stereocenters. The van der Waals surface area contributed by atoms with Crippen LogP contribution < -0.4 is 10.6 Å². The Bertz CT molecular complexity index is 486. The number of nitrogens with one attached hydrogen (secondary N) is 2. The molecule has 0 saturated heterocycles. The van der Waals surface area contributed by atoms with Gasteiger partial charge < -0.3 is 10.6 Å². The first kappa shape index (κ1) is 14.1. The van der Waals surface area contributed by atoms with Crippen LogP contribution in [0.5, 0.6) is 0 Å². The van der Waals surface area contributed by atoms with Crippen LogP contribution in [-0.4, -0.2) is 22.7 Å². The summed E-state index contributed by atoms with van der Waals surface area (Å²) < 4.78 is 0. The normalized spacial score (nSPS) is 15.7. The van der Waals surface area contributed by atoms with Gasteiger partial charge in [0.25, 0.3) is 5.91 Å². The number of amides is 2. The van der Waals surface area contributed by atoms with E-state index in [1.807, 2.05) is 6.92 Å². The Kier molecular flexibility index (Phi) is 4.58. The topological polar surface area (TPSA) is 58.2 Å². The Morgan fingerprint density at radius 2 is 2.16 bits per heavy atom. The first-order valence-electron chi connectivity index (χ1n) is 6.46. The van der Waals surface area contributed by atoms with Crippen LogP contribution in [0.15, 0.2) is 24.3 Å². The molecule has 0 aliphatic heterocycles. The monoisotopic (exact) mass is 324 g/mol. The SMILES string of the molecule is CCC(Br)C(=O)Nc1cccc(C(=O)NC2CC2)c1. The molecule has 5 heteroatoms. The smallest absolute Gasteiger partial charge is 0.251 e. The van der Waals surface area contributed by atoms with Crippen molar-refractivity contribution < 1.29 is 9.59 Å². The van der Waals surface area contributed by atoms with Crippen molar-refractivity contribution in [1.29, 1.82) is 0 Å². The van der Waals surface area contributed by atoms with Gasteiger partial charge in [-0.2, -0.15) is 0 Å². The Labute approximate surface area is 121 Å². The van der Waals surface area contributed by atoms with E-state index in [1.54, 1.807) is 24.3 Å². The molecule has 1 unspecified atom stereocenters. The Balaban J connectivity index is 2.01. The van der Waals surface area contributed by atoms with Gasteiger partial charge in [0.05, 0.1) is 4.83 Å². The molecule has 0 radical (unpaired) electrons. The largest absolute Gasteiger partial charge is 0.349 e. The number of anilines is 1. The van der Waals surface area contributed by atoms with Crippen LogP contribution in [0.1, 0.15) is 36.5 Å². The fourth-order valence-electron chi connectivity index (χ4n) is 1.64. The molecule has 19 heavy (non-hydrogen) atoms. The summed E-state index contributed by atoms with van der Waals surface area (Å²) in [6, 6.07) is 7.33. The molecule has 2 amide bonds. The summed E-state index contributed by atoms with van der Waals surface area (Å²) in [6.07, 6.45) is 2.83. The van der Waals surface area contributed by atoms with Crippen molar-refractivity contribution in [3.63, 3.8) is 0 Å². The summed E-state index contributed by atoms with van der Waals surface area (Å²) in [4.78, 5) is 23.4. The molecule has 1 aromatic carbocycles. The second-order valence-electron chi connectivity index (χ2n) is 4.69. The fraction of sp³-hybridized carbons (Fsp3) is 0.429. The van der Waals surface area contributed by atoms with Gasteiger partial charge in [-0.15, -0.1) is 0 Å². The minimum Gasteiger partial charge on any atom is -0.349 e. The van der Waals surface area contributed by atoms with Crippen molar-refractivity contribution >= 4 is 33.4 Å². The number of hydrogen-bond acceptors (Lipinski definition) is 2. The molecule has 1 aliphatic carbocycles. The highest BCUT2D eigenvalue weighted by molar-refractivity contribution is 9.10. The highest BCUT2D eigenvalue weighted by Gasteiger charge is 2.23. The summed E-state index contributed by atoms with van der Waals surface area (Å²) in [7, 11) is 0. The van der Waals surface area contributed by atoms with Crippen LogP contribution in [-0.2, 0) is 4.79 Å². The Hall–Kier alpha value is -1.36. The number of carbonyl (C=O) groups excluding carboxylic acids is 2. The van der Waals surface area contributed by atoms with Crippen LogP contribution >= 0.6 is 15.9 Å². The van der Waals surface area contributed by atoms with E-state index in [9.17, 15) is 9.59 Å². The molecule has 1 fully saturated rings. The first-order valence-corrected chi connectivity index (χ1v) is 7.37. The zero-order chi connectivity index (χ0) is 13.8. The lowest BCUT2D eigenvalue weighted by Crippen LogP contribution is -2.26. The van der Waals surface area contributed by atoms with E-state index in [-0.39, 0.29) is 16.6 Å². The quantitative estimate of drug-likeness (QED) is 0.818. The molecular weight excluding hydrogens is 308 g/mol. The number of rotatable bonds is 5. The molecule has 1 saturated carbocycles. The lowest BCUT2D eigenvalue weighted by molar-refractivity contribution is -0.115. The van der Waals surface area contributed by atoms with Crippen LogP contribution in [0.25, 0.3) is 0 Å². The fourth-order valence-corrected chi connectivity index (χ4v) is 1.76. The van der Waals surface area contributed by atoms with Crippen LogP contribution in [0, 0.1) is 0 Å². The van der Waals surface area contributed by atoms with Gasteiger partial charge in [0.15, 0.2) is 0 Å². The summed E-state index contributed by atoms with van der Waals surface area (Å²) in [5.41, 5.74) is 1.22. The van der Waals surface area contributed by atoms with E-state index in [4.69, 9.17) is 0 Å². The van der Waals surface area contributed by atoms with Crippen LogP contribution in [0.3, 0.4) is 0 Å².